The lowest BCUT2D eigenvalue weighted by molar-refractivity contribution is -0.139. The van der Waals surface area contributed by atoms with Crippen LogP contribution in [0.25, 0.3) is 0 Å². The van der Waals surface area contributed by atoms with E-state index < -0.39 is 23.7 Å². The number of rotatable bonds is 6. The lowest BCUT2D eigenvalue weighted by Gasteiger charge is -2.24. The number of benzene rings is 1. The number of ether oxygens (including phenoxy) is 1. The number of hydrogen-bond donors (Lipinski definition) is 0. The Morgan fingerprint density at radius 1 is 1.31 bits per heavy atom. The van der Waals surface area contributed by atoms with Gasteiger partial charge < -0.3 is 9.30 Å². The summed E-state index contributed by atoms with van der Waals surface area (Å²) in [6.07, 6.45) is -1.01. The third-order valence-electron chi connectivity index (χ3n) is 4.23. The van der Waals surface area contributed by atoms with Crippen molar-refractivity contribution in [2.45, 2.75) is 38.6 Å². The summed E-state index contributed by atoms with van der Waals surface area (Å²) in [5, 5.41) is 0. The SMILES string of the molecule is CCCCOC(c1ccc(F)cc1C(F)(F)F)c1cnc2n1CCN=C2. The Hall–Kier alpha value is -2.22. The van der Waals surface area contributed by atoms with E-state index in [0.29, 0.717) is 43.7 Å². The van der Waals surface area contributed by atoms with Crippen molar-refractivity contribution >= 4 is 6.21 Å². The second-order valence-electron chi connectivity index (χ2n) is 6.06. The summed E-state index contributed by atoms with van der Waals surface area (Å²) in [6, 6.07) is 2.68. The second kappa shape index (κ2) is 7.57. The second-order valence-corrected chi connectivity index (χ2v) is 6.06. The van der Waals surface area contributed by atoms with Gasteiger partial charge in [0, 0.05) is 13.2 Å². The molecule has 3 rings (SSSR count). The van der Waals surface area contributed by atoms with Crippen LogP contribution in [0.3, 0.4) is 0 Å². The Morgan fingerprint density at radius 3 is 2.85 bits per heavy atom. The van der Waals surface area contributed by atoms with Crippen molar-refractivity contribution in [1.82, 2.24) is 9.55 Å². The molecule has 1 aromatic heterocycles. The zero-order valence-electron chi connectivity index (χ0n) is 14.3. The average Bonchev–Trinajstić information content (AvgIpc) is 3.02. The number of unbranched alkanes of at least 4 members (excludes halogenated alkanes) is 1. The topological polar surface area (TPSA) is 39.4 Å². The van der Waals surface area contributed by atoms with Crippen LogP contribution in [0.15, 0.2) is 29.4 Å². The normalized spacial score (nSPS) is 15.1. The number of imidazole rings is 1. The first-order chi connectivity index (χ1) is 12.4. The van der Waals surface area contributed by atoms with Crippen molar-refractivity contribution in [2.75, 3.05) is 13.2 Å². The molecule has 2 heterocycles. The minimum Gasteiger partial charge on any atom is -0.367 e. The third kappa shape index (κ3) is 3.80. The Balaban J connectivity index is 2.08. The van der Waals surface area contributed by atoms with Gasteiger partial charge in [0.1, 0.15) is 11.9 Å². The molecule has 0 bridgehead atoms. The number of aliphatic imine (C=N–C) groups is 1. The van der Waals surface area contributed by atoms with Gasteiger partial charge in [-0.1, -0.05) is 19.4 Å². The molecule has 0 fully saturated rings. The minimum atomic E-state index is -4.68. The maximum Gasteiger partial charge on any atom is 0.416 e. The van der Waals surface area contributed by atoms with Gasteiger partial charge in [-0.05, 0) is 24.1 Å². The Labute approximate surface area is 148 Å². The lowest BCUT2D eigenvalue weighted by Crippen LogP contribution is -2.21. The van der Waals surface area contributed by atoms with Crippen molar-refractivity contribution in [2.24, 2.45) is 4.99 Å². The first-order valence-electron chi connectivity index (χ1n) is 8.45. The first kappa shape index (κ1) is 18.6. The Kier molecular flexibility index (Phi) is 5.41. The van der Waals surface area contributed by atoms with Crippen LogP contribution in [0.2, 0.25) is 0 Å². The van der Waals surface area contributed by atoms with Gasteiger partial charge in [0.25, 0.3) is 0 Å². The largest absolute Gasteiger partial charge is 0.416 e. The molecular weight excluding hydrogens is 350 g/mol. The van der Waals surface area contributed by atoms with Crippen molar-refractivity contribution < 1.29 is 22.3 Å². The molecule has 4 nitrogen and oxygen atoms in total. The lowest BCUT2D eigenvalue weighted by atomic mass is 9.99. The molecule has 0 amide bonds. The molecule has 0 spiro atoms. The molecule has 1 unspecified atom stereocenters. The van der Waals surface area contributed by atoms with Crippen LogP contribution in [-0.4, -0.2) is 28.9 Å². The van der Waals surface area contributed by atoms with E-state index in [-0.39, 0.29) is 5.56 Å². The van der Waals surface area contributed by atoms with Crippen molar-refractivity contribution in [1.29, 1.82) is 0 Å². The highest BCUT2D eigenvalue weighted by molar-refractivity contribution is 5.75. The van der Waals surface area contributed by atoms with Crippen LogP contribution in [-0.2, 0) is 17.5 Å². The fraction of sp³-hybridized carbons (Fsp3) is 0.444. The van der Waals surface area contributed by atoms with E-state index in [1.807, 2.05) is 6.92 Å². The molecule has 2 aromatic rings. The minimum absolute atomic E-state index is 0.111. The van der Waals surface area contributed by atoms with E-state index in [1.165, 1.54) is 6.20 Å². The summed E-state index contributed by atoms with van der Waals surface area (Å²) in [7, 11) is 0. The van der Waals surface area contributed by atoms with E-state index in [1.54, 1.807) is 10.8 Å². The maximum atomic E-state index is 13.5. The maximum absolute atomic E-state index is 13.5. The van der Waals surface area contributed by atoms with E-state index >= 15 is 0 Å². The molecule has 8 heteroatoms. The number of nitrogens with zero attached hydrogens (tertiary/aromatic N) is 3. The highest BCUT2D eigenvalue weighted by atomic mass is 19.4. The molecule has 26 heavy (non-hydrogen) atoms. The summed E-state index contributed by atoms with van der Waals surface area (Å²) in [5.41, 5.74) is -0.626. The monoisotopic (exact) mass is 369 g/mol. The van der Waals surface area contributed by atoms with Gasteiger partial charge in [-0.15, -0.1) is 0 Å². The van der Waals surface area contributed by atoms with E-state index in [0.717, 1.165) is 18.6 Å². The number of fused-ring (bicyclic) bond motifs is 1. The van der Waals surface area contributed by atoms with Crippen molar-refractivity contribution in [3.8, 4) is 0 Å². The molecule has 1 aliphatic rings. The molecule has 0 aliphatic carbocycles. The Morgan fingerprint density at radius 2 is 2.12 bits per heavy atom. The molecule has 1 atom stereocenters. The first-order valence-corrected chi connectivity index (χ1v) is 8.45. The fourth-order valence-electron chi connectivity index (χ4n) is 2.95. The molecule has 0 saturated carbocycles. The van der Waals surface area contributed by atoms with Crippen molar-refractivity contribution in [3.63, 3.8) is 0 Å². The number of aromatic nitrogens is 2. The third-order valence-corrected chi connectivity index (χ3v) is 4.23. The molecule has 0 saturated heterocycles. The van der Waals surface area contributed by atoms with Crippen LogP contribution < -0.4 is 0 Å². The smallest absolute Gasteiger partial charge is 0.367 e. The molecule has 0 N–H and O–H groups in total. The molecule has 1 aromatic carbocycles. The van der Waals surface area contributed by atoms with Gasteiger partial charge in [0.05, 0.1) is 30.2 Å². The predicted octanol–water partition coefficient (Wildman–Crippen LogP) is 4.38. The van der Waals surface area contributed by atoms with E-state index in [9.17, 15) is 17.6 Å². The fourth-order valence-corrected chi connectivity index (χ4v) is 2.95. The van der Waals surface area contributed by atoms with Gasteiger partial charge in [0.15, 0.2) is 5.82 Å². The summed E-state index contributed by atoms with van der Waals surface area (Å²) in [4.78, 5) is 8.35. The van der Waals surface area contributed by atoms with Gasteiger partial charge >= 0.3 is 6.18 Å². The van der Waals surface area contributed by atoms with E-state index in [2.05, 4.69) is 9.98 Å². The van der Waals surface area contributed by atoms with Crippen LogP contribution in [0.1, 0.15) is 48.5 Å². The molecule has 1 aliphatic heterocycles. The van der Waals surface area contributed by atoms with Crippen LogP contribution in [0.5, 0.6) is 0 Å². The van der Waals surface area contributed by atoms with E-state index in [4.69, 9.17) is 4.74 Å². The van der Waals surface area contributed by atoms with Crippen LogP contribution >= 0.6 is 0 Å². The predicted molar refractivity (Wildman–Crippen MR) is 88.8 cm³/mol. The number of alkyl halides is 3. The Bertz CT molecular complexity index is 798. The summed E-state index contributed by atoms with van der Waals surface area (Å²) < 4.78 is 61.6. The zero-order valence-corrected chi connectivity index (χ0v) is 14.3. The van der Waals surface area contributed by atoms with Crippen molar-refractivity contribution in [3.05, 3.63) is 52.9 Å². The highest BCUT2D eigenvalue weighted by Gasteiger charge is 2.37. The zero-order chi connectivity index (χ0) is 18.7. The number of hydrogen-bond acceptors (Lipinski definition) is 3. The highest BCUT2D eigenvalue weighted by Crippen LogP contribution is 2.39. The summed E-state index contributed by atoms with van der Waals surface area (Å²) >= 11 is 0. The van der Waals surface area contributed by atoms with Gasteiger partial charge in [0.2, 0.25) is 0 Å². The molecule has 0 radical (unpaired) electrons. The van der Waals surface area contributed by atoms with Crippen LogP contribution in [0, 0.1) is 5.82 Å². The number of halogens is 4. The molecular formula is C18H19F4N3O. The van der Waals surface area contributed by atoms with Crippen LogP contribution in [0.4, 0.5) is 17.6 Å². The quantitative estimate of drug-likeness (QED) is 0.560. The van der Waals surface area contributed by atoms with Gasteiger partial charge in [-0.2, -0.15) is 13.2 Å². The van der Waals surface area contributed by atoms with Gasteiger partial charge in [-0.25, -0.2) is 9.37 Å². The standard InChI is InChI=1S/C18H19F4N3O/c1-2-3-8-26-17(15-10-24-16-11-23-6-7-25(15)16)13-5-4-12(19)9-14(13)18(20,21)22/h4-5,9-11,17H,2-3,6-8H2,1H3. The average molecular weight is 369 g/mol. The summed E-state index contributed by atoms with van der Waals surface area (Å²) in [6.45, 7) is 3.30. The van der Waals surface area contributed by atoms with Gasteiger partial charge in [-0.3, -0.25) is 4.99 Å². The molecule has 140 valence electrons. The summed E-state index contributed by atoms with van der Waals surface area (Å²) in [5.74, 6) is -0.359.